The number of rotatable bonds is 3. The average Bonchev–Trinajstić information content (AvgIpc) is 2.64. The summed E-state index contributed by atoms with van der Waals surface area (Å²) in [6.07, 6.45) is 1.59. The fourth-order valence-corrected chi connectivity index (χ4v) is 1.88. The Balaban J connectivity index is 1.89. The summed E-state index contributed by atoms with van der Waals surface area (Å²) in [6.45, 7) is 8.90. The van der Waals surface area contributed by atoms with Gasteiger partial charge in [-0.15, -0.1) is 0 Å². The number of aromatic nitrogens is 2. The molecule has 0 aliphatic carbocycles. The van der Waals surface area contributed by atoms with Crippen LogP contribution >= 0.6 is 0 Å². The molecule has 96 valence electrons. The standard InChI is InChI=1S/C12H21N3O2/c1-12(2,3)7-10-14-11(17-15-10)6-9-8-16-5-4-13-9/h9,13H,4-8H2,1-3H3. The molecule has 1 atom stereocenters. The Morgan fingerprint density at radius 3 is 2.88 bits per heavy atom. The van der Waals surface area contributed by atoms with Gasteiger partial charge in [0.25, 0.3) is 0 Å². The van der Waals surface area contributed by atoms with Crippen LogP contribution in [0.3, 0.4) is 0 Å². The number of hydrogen-bond donors (Lipinski definition) is 1. The Hall–Kier alpha value is -0.940. The predicted octanol–water partition coefficient (Wildman–Crippen LogP) is 1.19. The molecule has 17 heavy (non-hydrogen) atoms. The third kappa shape index (κ3) is 4.09. The summed E-state index contributed by atoms with van der Waals surface area (Å²) in [4.78, 5) is 4.42. The van der Waals surface area contributed by atoms with Gasteiger partial charge in [-0.1, -0.05) is 25.9 Å². The van der Waals surface area contributed by atoms with Crippen molar-refractivity contribution in [3.8, 4) is 0 Å². The van der Waals surface area contributed by atoms with Crippen LogP contribution in [0.4, 0.5) is 0 Å². The Kier molecular flexibility index (Phi) is 3.79. The van der Waals surface area contributed by atoms with E-state index >= 15 is 0 Å². The van der Waals surface area contributed by atoms with E-state index in [-0.39, 0.29) is 5.41 Å². The Morgan fingerprint density at radius 1 is 1.41 bits per heavy atom. The van der Waals surface area contributed by atoms with E-state index in [0.29, 0.717) is 11.9 Å². The Morgan fingerprint density at radius 2 is 2.24 bits per heavy atom. The maximum atomic E-state index is 5.39. The molecule has 1 aliphatic heterocycles. The minimum atomic E-state index is 0.188. The molecule has 0 radical (unpaired) electrons. The second-order valence-electron chi connectivity index (χ2n) is 5.77. The zero-order chi connectivity index (χ0) is 12.3. The molecular weight excluding hydrogens is 218 g/mol. The van der Waals surface area contributed by atoms with E-state index in [0.717, 1.165) is 38.4 Å². The first-order valence-electron chi connectivity index (χ1n) is 6.15. The smallest absolute Gasteiger partial charge is 0.228 e. The van der Waals surface area contributed by atoms with Crippen molar-refractivity contribution in [1.82, 2.24) is 15.5 Å². The second-order valence-corrected chi connectivity index (χ2v) is 5.77. The van der Waals surface area contributed by atoms with Gasteiger partial charge in [0.15, 0.2) is 5.82 Å². The van der Waals surface area contributed by atoms with Crippen molar-refractivity contribution in [2.75, 3.05) is 19.8 Å². The van der Waals surface area contributed by atoms with Gasteiger partial charge in [-0.3, -0.25) is 0 Å². The van der Waals surface area contributed by atoms with E-state index in [1.807, 2.05) is 0 Å². The van der Waals surface area contributed by atoms with Crippen LogP contribution in [0.15, 0.2) is 4.52 Å². The van der Waals surface area contributed by atoms with Gasteiger partial charge >= 0.3 is 0 Å². The van der Waals surface area contributed by atoms with Gasteiger partial charge < -0.3 is 14.6 Å². The molecule has 1 aliphatic rings. The zero-order valence-corrected chi connectivity index (χ0v) is 10.8. The van der Waals surface area contributed by atoms with Crippen LogP contribution in [-0.2, 0) is 17.6 Å². The number of morpholine rings is 1. The molecule has 1 unspecified atom stereocenters. The molecular formula is C12H21N3O2. The molecule has 5 nitrogen and oxygen atoms in total. The molecule has 1 N–H and O–H groups in total. The van der Waals surface area contributed by atoms with Crippen LogP contribution in [-0.4, -0.2) is 35.9 Å². The maximum Gasteiger partial charge on any atom is 0.228 e. The normalized spacial score (nSPS) is 21.7. The molecule has 1 saturated heterocycles. The molecule has 0 aromatic carbocycles. The summed E-state index contributed by atoms with van der Waals surface area (Å²) in [7, 11) is 0. The highest BCUT2D eigenvalue weighted by Crippen LogP contribution is 2.18. The summed E-state index contributed by atoms with van der Waals surface area (Å²) in [5, 5.41) is 7.38. The van der Waals surface area contributed by atoms with Crippen molar-refractivity contribution in [1.29, 1.82) is 0 Å². The molecule has 2 rings (SSSR count). The Bertz CT molecular complexity index is 351. The van der Waals surface area contributed by atoms with Crippen LogP contribution in [0.1, 0.15) is 32.5 Å². The minimum Gasteiger partial charge on any atom is -0.378 e. The van der Waals surface area contributed by atoms with Crippen molar-refractivity contribution in [3.63, 3.8) is 0 Å². The Labute approximate surface area is 102 Å². The van der Waals surface area contributed by atoms with Crippen molar-refractivity contribution >= 4 is 0 Å². The monoisotopic (exact) mass is 239 g/mol. The number of nitrogens with zero attached hydrogens (tertiary/aromatic N) is 2. The first-order chi connectivity index (χ1) is 8.03. The molecule has 1 fully saturated rings. The third-order valence-electron chi connectivity index (χ3n) is 2.62. The lowest BCUT2D eigenvalue weighted by molar-refractivity contribution is 0.0744. The lowest BCUT2D eigenvalue weighted by Gasteiger charge is -2.22. The van der Waals surface area contributed by atoms with Gasteiger partial charge in [-0.2, -0.15) is 4.98 Å². The van der Waals surface area contributed by atoms with Crippen molar-refractivity contribution in [3.05, 3.63) is 11.7 Å². The van der Waals surface area contributed by atoms with Crippen LogP contribution in [0.25, 0.3) is 0 Å². The molecule has 2 heterocycles. The van der Waals surface area contributed by atoms with Gasteiger partial charge in [-0.25, -0.2) is 0 Å². The van der Waals surface area contributed by atoms with E-state index in [2.05, 4.69) is 36.2 Å². The van der Waals surface area contributed by atoms with Gasteiger partial charge in [0, 0.05) is 25.4 Å². The maximum absolute atomic E-state index is 5.39. The molecule has 0 spiro atoms. The molecule has 0 saturated carbocycles. The molecule has 0 amide bonds. The highest BCUT2D eigenvalue weighted by Gasteiger charge is 2.19. The first-order valence-corrected chi connectivity index (χ1v) is 6.15. The topological polar surface area (TPSA) is 60.2 Å². The lowest BCUT2D eigenvalue weighted by atomic mass is 9.92. The SMILES string of the molecule is CC(C)(C)Cc1noc(CC2COCCN2)n1. The van der Waals surface area contributed by atoms with Crippen LogP contribution < -0.4 is 5.32 Å². The van der Waals surface area contributed by atoms with E-state index in [9.17, 15) is 0 Å². The molecule has 1 aromatic heterocycles. The number of ether oxygens (including phenoxy) is 1. The van der Waals surface area contributed by atoms with Crippen LogP contribution in [0, 0.1) is 5.41 Å². The summed E-state index contributed by atoms with van der Waals surface area (Å²) < 4.78 is 10.6. The largest absolute Gasteiger partial charge is 0.378 e. The number of hydrogen-bond acceptors (Lipinski definition) is 5. The fraction of sp³-hybridized carbons (Fsp3) is 0.833. The van der Waals surface area contributed by atoms with E-state index in [4.69, 9.17) is 9.26 Å². The summed E-state index contributed by atoms with van der Waals surface area (Å²) >= 11 is 0. The summed E-state index contributed by atoms with van der Waals surface area (Å²) in [6, 6.07) is 0.298. The van der Waals surface area contributed by atoms with Crippen molar-refractivity contribution < 1.29 is 9.26 Å². The second kappa shape index (κ2) is 5.14. The first kappa shape index (κ1) is 12.5. The number of nitrogens with one attached hydrogen (secondary N) is 1. The lowest BCUT2D eigenvalue weighted by Crippen LogP contribution is -2.42. The summed E-state index contributed by atoms with van der Waals surface area (Å²) in [5.74, 6) is 1.50. The molecule has 0 bridgehead atoms. The average molecular weight is 239 g/mol. The van der Waals surface area contributed by atoms with Crippen LogP contribution in [0.5, 0.6) is 0 Å². The van der Waals surface area contributed by atoms with Gasteiger partial charge in [0.05, 0.1) is 13.2 Å². The highest BCUT2D eigenvalue weighted by atomic mass is 16.5. The van der Waals surface area contributed by atoms with Crippen LogP contribution in [0.2, 0.25) is 0 Å². The van der Waals surface area contributed by atoms with Crippen molar-refractivity contribution in [2.24, 2.45) is 5.41 Å². The van der Waals surface area contributed by atoms with E-state index in [1.165, 1.54) is 0 Å². The predicted molar refractivity (Wildman–Crippen MR) is 63.8 cm³/mol. The quantitative estimate of drug-likeness (QED) is 0.858. The molecule has 5 heteroatoms. The van der Waals surface area contributed by atoms with Gasteiger partial charge in [0.2, 0.25) is 5.89 Å². The van der Waals surface area contributed by atoms with Gasteiger partial charge in [0.1, 0.15) is 0 Å². The fourth-order valence-electron chi connectivity index (χ4n) is 1.88. The van der Waals surface area contributed by atoms with Gasteiger partial charge in [-0.05, 0) is 5.41 Å². The van der Waals surface area contributed by atoms with E-state index < -0.39 is 0 Å². The zero-order valence-electron chi connectivity index (χ0n) is 10.8. The highest BCUT2D eigenvalue weighted by molar-refractivity contribution is 4.92. The minimum absolute atomic E-state index is 0.188. The van der Waals surface area contributed by atoms with Crippen molar-refractivity contribution in [2.45, 2.75) is 39.7 Å². The third-order valence-corrected chi connectivity index (χ3v) is 2.62. The summed E-state index contributed by atoms with van der Waals surface area (Å²) in [5.41, 5.74) is 0.188. The van der Waals surface area contributed by atoms with E-state index in [1.54, 1.807) is 0 Å². The molecule has 1 aromatic rings.